The Hall–Kier alpha value is -1.61. The zero-order valence-corrected chi connectivity index (χ0v) is 13.6. The molecule has 0 fully saturated rings. The Morgan fingerprint density at radius 3 is 2.48 bits per heavy atom. The fourth-order valence-electron chi connectivity index (χ4n) is 1.50. The van der Waals surface area contributed by atoms with Crippen LogP contribution >= 0.6 is 31.9 Å². The molecule has 1 heterocycles. The van der Waals surface area contributed by atoms with Gasteiger partial charge in [-0.1, -0.05) is 0 Å². The summed E-state index contributed by atoms with van der Waals surface area (Å²) in [5.41, 5.74) is -0.303. The number of hydrogen-bond acceptors (Lipinski definition) is 3. The first kappa shape index (κ1) is 15.8. The molecule has 1 aromatic heterocycles. The van der Waals surface area contributed by atoms with Gasteiger partial charge < -0.3 is 5.32 Å². The first-order valence-electron chi connectivity index (χ1n) is 5.52. The van der Waals surface area contributed by atoms with E-state index in [0.717, 1.165) is 16.8 Å². The second-order valence-electron chi connectivity index (χ2n) is 3.96. The number of halogens is 4. The van der Waals surface area contributed by atoms with Crippen LogP contribution in [0.3, 0.4) is 0 Å². The first-order chi connectivity index (χ1) is 9.81. The van der Waals surface area contributed by atoms with Crippen LogP contribution in [-0.4, -0.2) is 21.6 Å². The summed E-state index contributed by atoms with van der Waals surface area (Å²) in [7, 11) is 0. The summed E-state index contributed by atoms with van der Waals surface area (Å²) in [5.74, 6) is -2.82. The molecule has 1 amide bonds. The van der Waals surface area contributed by atoms with E-state index in [4.69, 9.17) is 0 Å². The zero-order valence-electron chi connectivity index (χ0n) is 10.5. The van der Waals surface area contributed by atoms with Gasteiger partial charge in [-0.3, -0.25) is 9.59 Å². The van der Waals surface area contributed by atoms with Crippen molar-refractivity contribution < 1.29 is 18.4 Å². The molecule has 2 rings (SSSR count). The highest BCUT2D eigenvalue weighted by Crippen LogP contribution is 2.27. The summed E-state index contributed by atoms with van der Waals surface area (Å²) in [4.78, 5) is 23.4. The molecule has 5 nitrogen and oxygen atoms in total. The van der Waals surface area contributed by atoms with Crippen LogP contribution in [0.25, 0.3) is 0 Å². The number of nitrogens with one attached hydrogen (secondary N) is 1. The SMILES string of the molecule is CC(=O)n1nc(C(=O)Nc2ccc(F)cc2F)c(Br)c1Br. The molecule has 2 aromatic rings. The second-order valence-corrected chi connectivity index (χ2v) is 5.51. The first-order valence-corrected chi connectivity index (χ1v) is 7.11. The van der Waals surface area contributed by atoms with Crippen molar-refractivity contribution in [1.29, 1.82) is 0 Å². The van der Waals surface area contributed by atoms with Crippen LogP contribution in [0, 0.1) is 11.6 Å². The zero-order chi connectivity index (χ0) is 15.7. The molecule has 0 radical (unpaired) electrons. The Morgan fingerprint density at radius 2 is 1.95 bits per heavy atom. The Bertz CT molecular complexity index is 746. The molecule has 21 heavy (non-hydrogen) atoms. The topological polar surface area (TPSA) is 64.0 Å². The quantitative estimate of drug-likeness (QED) is 0.804. The lowest BCUT2D eigenvalue weighted by Crippen LogP contribution is -2.16. The molecule has 0 aliphatic heterocycles. The highest BCUT2D eigenvalue weighted by Gasteiger charge is 2.22. The van der Waals surface area contributed by atoms with Gasteiger partial charge in [0.2, 0.25) is 5.91 Å². The molecule has 0 unspecified atom stereocenters. The molecule has 0 aliphatic rings. The molecule has 0 aliphatic carbocycles. The standard InChI is InChI=1S/C12H7Br2F2N3O2/c1-5(20)19-11(14)9(13)10(18-19)12(21)17-8-3-2-6(15)4-7(8)16/h2-4H,1H3,(H,17,21). The van der Waals surface area contributed by atoms with Crippen molar-refractivity contribution in [3.05, 3.63) is 44.6 Å². The van der Waals surface area contributed by atoms with Crippen LogP contribution < -0.4 is 5.32 Å². The van der Waals surface area contributed by atoms with Gasteiger partial charge in [0.1, 0.15) is 16.2 Å². The molecule has 0 saturated heterocycles. The average Bonchev–Trinajstić information content (AvgIpc) is 2.70. The predicted octanol–water partition coefficient (Wildman–Crippen LogP) is 3.60. The van der Waals surface area contributed by atoms with E-state index in [9.17, 15) is 18.4 Å². The number of carbonyl (C=O) groups is 2. The van der Waals surface area contributed by atoms with Crippen molar-refractivity contribution in [1.82, 2.24) is 9.78 Å². The maximum Gasteiger partial charge on any atom is 0.277 e. The van der Waals surface area contributed by atoms with Gasteiger partial charge in [0.25, 0.3) is 5.91 Å². The molecule has 0 atom stereocenters. The third kappa shape index (κ3) is 3.18. The Balaban J connectivity index is 2.33. The number of carbonyl (C=O) groups excluding carboxylic acids is 2. The van der Waals surface area contributed by atoms with Crippen LogP contribution in [0.5, 0.6) is 0 Å². The molecule has 110 valence electrons. The smallest absolute Gasteiger partial charge is 0.277 e. The van der Waals surface area contributed by atoms with Gasteiger partial charge >= 0.3 is 0 Å². The van der Waals surface area contributed by atoms with Gasteiger partial charge in [0.05, 0.1) is 10.2 Å². The average molecular weight is 423 g/mol. The van der Waals surface area contributed by atoms with Gasteiger partial charge in [-0.15, -0.1) is 0 Å². The van der Waals surface area contributed by atoms with Crippen LogP contribution in [0.2, 0.25) is 0 Å². The van der Waals surface area contributed by atoms with Crippen molar-refractivity contribution in [2.45, 2.75) is 6.92 Å². The van der Waals surface area contributed by atoms with Crippen LogP contribution in [0.1, 0.15) is 22.2 Å². The fourth-order valence-corrected chi connectivity index (χ4v) is 2.45. The molecule has 9 heteroatoms. The van der Waals surface area contributed by atoms with Gasteiger partial charge in [-0.25, -0.2) is 8.78 Å². The highest BCUT2D eigenvalue weighted by atomic mass is 79.9. The largest absolute Gasteiger partial charge is 0.318 e. The van der Waals surface area contributed by atoms with E-state index in [1.807, 2.05) is 0 Å². The number of amides is 1. The van der Waals surface area contributed by atoms with Crippen molar-refractivity contribution >= 4 is 49.4 Å². The predicted molar refractivity (Wildman–Crippen MR) is 78.2 cm³/mol. The van der Waals surface area contributed by atoms with Gasteiger partial charge in [0.15, 0.2) is 5.69 Å². The van der Waals surface area contributed by atoms with E-state index >= 15 is 0 Å². The van der Waals surface area contributed by atoms with E-state index in [1.54, 1.807) is 0 Å². The number of rotatable bonds is 2. The normalized spacial score (nSPS) is 10.5. The Labute approximate surface area is 134 Å². The number of aromatic nitrogens is 2. The number of hydrogen-bond donors (Lipinski definition) is 1. The molecular formula is C12H7Br2F2N3O2. The maximum absolute atomic E-state index is 13.5. The minimum Gasteiger partial charge on any atom is -0.318 e. The molecule has 0 bridgehead atoms. The molecule has 1 aromatic carbocycles. The van der Waals surface area contributed by atoms with Crippen LogP contribution in [0.4, 0.5) is 14.5 Å². The Morgan fingerprint density at radius 1 is 1.29 bits per heavy atom. The summed E-state index contributed by atoms with van der Waals surface area (Å²) in [6.45, 7) is 1.27. The van der Waals surface area contributed by atoms with Gasteiger partial charge in [-0.2, -0.15) is 9.78 Å². The summed E-state index contributed by atoms with van der Waals surface area (Å²) in [5, 5.41) is 6.07. The van der Waals surface area contributed by atoms with Gasteiger partial charge in [0, 0.05) is 13.0 Å². The summed E-state index contributed by atoms with van der Waals surface area (Å²) >= 11 is 6.22. The lowest BCUT2D eigenvalue weighted by molar-refractivity contribution is 0.0917. The molecule has 0 saturated carbocycles. The van der Waals surface area contributed by atoms with Crippen molar-refractivity contribution in [2.24, 2.45) is 0 Å². The number of anilines is 1. The van der Waals surface area contributed by atoms with Crippen molar-refractivity contribution in [3.8, 4) is 0 Å². The second kappa shape index (κ2) is 6.02. The number of benzene rings is 1. The lowest BCUT2D eigenvalue weighted by atomic mass is 10.3. The highest BCUT2D eigenvalue weighted by molar-refractivity contribution is 9.13. The van der Waals surface area contributed by atoms with E-state index in [0.29, 0.717) is 6.07 Å². The van der Waals surface area contributed by atoms with Gasteiger partial charge in [-0.05, 0) is 44.0 Å². The lowest BCUT2D eigenvalue weighted by Gasteiger charge is -2.04. The summed E-state index contributed by atoms with van der Waals surface area (Å²) in [6.07, 6.45) is 0. The third-order valence-corrected chi connectivity index (χ3v) is 4.48. The van der Waals surface area contributed by atoms with E-state index < -0.39 is 23.4 Å². The molecule has 0 spiro atoms. The maximum atomic E-state index is 13.5. The van der Waals surface area contributed by atoms with Crippen LogP contribution in [-0.2, 0) is 0 Å². The molecular weight excluding hydrogens is 416 g/mol. The number of nitrogens with zero attached hydrogens (tertiary/aromatic N) is 2. The fraction of sp³-hybridized carbons (Fsp3) is 0.0833. The Kier molecular flexibility index (Phi) is 4.52. The van der Waals surface area contributed by atoms with E-state index in [2.05, 4.69) is 42.3 Å². The van der Waals surface area contributed by atoms with Crippen LogP contribution in [0.15, 0.2) is 27.3 Å². The van der Waals surface area contributed by atoms with E-state index in [1.165, 1.54) is 6.92 Å². The van der Waals surface area contributed by atoms with Crippen molar-refractivity contribution in [2.75, 3.05) is 5.32 Å². The summed E-state index contributed by atoms with van der Waals surface area (Å²) in [6, 6.07) is 2.75. The summed E-state index contributed by atoms with van der Waals surface area (Å²) < 4.78 is 27.8. The van der Waals surface area contributed by atoms with E-state index in [-0.39, 0.29) is 20.5 Å². The van der Waals surface area contributed by atoms with Crippen molar-refractivity contribution in [3.63, 3.8) is 0 Å². The minimum absolute atomic E-state index is 0.110. The monoisotopic (exact) mass is 421 g/mol. The third-order valence-electron chi connectivity index (χ3n) is 2.47. The molecule has 1 N–H and O–H groups in total. The minimum atomic E-state index is -0.912.